The number of nitrogens with two attached hydrogens (primary N) is 1. The molecule has 0 aromatic carbocycles. The fraction of sp³-hybridized carbons (Fsp3) is 0.943. The number of phosphoric ester groups is 1. The molecule has 0 radical (unpaired) electrons. The van der Waals surface area contributed by atoms with Crippen LogP contribution in [0.2, 0.25) is 0 Å². The van der Waals surface area contributed by atoms with E-state index < -0.39 is 26.5 Å². The number of carbonyl (C=O) groups excluding carboxylic acids is 2. The summed E-state index contributed by atoms with van der Waals surface area (Å²) in [6.45, 7) is 3.83. The van der Waals surface area contributed by atoms with E-state index >= 15 is 0 Å². The average Bonchev–Trinajstić information content (AvgIpc) is 3.45. The maximum Gasteiger partial charge on any atom is 0.472 e. The van der Waals surface area contributed by atoms with E-state index in [2.05, 4.69) is 26.0 Å². The maximum absolute atomic E-state index is 12.7. The lowest BCUT2D eigenvalue weighted by Gasteiger charge is -2.19. The molecule has 0 spiro atoms. The van der Waals surface area contributed by atoms with E-state index in [1.165, 1.54) is 327 Å². The van der Waals surface area contributed by atoms with Crippen LogP contribution in [0.1, 0.15) is 393 Å². The summed E-state index contributed by atoms with van der Waals surface area (Å²) in [6, 6.07) is 0. The number of hydrogen-bond acceptors (Lipinski definition) is 8. The van der Waals surface area contributed by atoms with Gasteiger partial charge < -0.3 is 20.1 Å². The first-order valence-corrected chi connectivity index (χ1v) is 37.2. The molecule has 9 nitrogen and oxygen atoms in total. The van der Waals surface area contributed by atoms with Crippen molar-refractivity contribution in [2.45, 2.75) is 399 Å². The second kappa shape index (κ2) is 66.9. The summed E-state index contributed by atoms with van der Waals surface area (Å²) in [7, 11) is -4.39. The van der Waals surface area contributed by atoms with Gasteiger partial charge in [-0.05, 0) is 38.5 Å². The molecule has 0 heterocycles. The summed E-state index contributed by atoms with van der Waals surface area (Å²) in [5, 5.41) is 0. The Hall–Kier alpha value is -1.25. The van der Waals surface area contributed by atoms with Crippen molar-refractivity contribution in [1.82, 2.24) is 0 Å². The second-order valence-corrected chi connectivity index (χ2v) is 25.9. The number of carbonyl (C=O) groups is 2. The zero-order valence-corrected chi connectivity index (χ0v) is 54.5. The highest BCUT2D eigenvalue weighted by molar-refractivity contribution is 7.47. The van der Waals surface area contributed by atoms with Crippen LogP contribution in [0.5, 0.6) is 0 Å². The molecule has 0 aromatic rings. The van der Waals surface area contributed by atoms with Gasteiger partial charge in [0.05, 0.1) is 13.2 Å². The molecule has 0 amide bonds. The van der Waals surface area contributed by atoms with Gasteiger partial charge in [0.15, 0.2) is 6.10 Å². The zero-order chi connectivity index (χ0) is 58.0. The Morgan fingerprint density at radius 2 is 0.613 bits per heavy atom. The summed E-state index contributed by atoms with van der Waals surface area (Å²) in [5.74, 6) is -0.804. The summed E-state index contributed by atoms with van der Waals surface area (Å²) in [6.07, 6.45) is 80.4. The molecule has 0 aliphatic heterocycles. The Labute approximate surface area is 498 Å². The number of unbranched alkanes of at least 4 members (excludes halogenated alkanes) is 54. The Kier molecular flexibility index (Phi) is 65.8. The summed E-state index contributed by atoms with van der Waals surface area (Å²) in [5.41, 5.74) is 5.40. The lowest BCUT2D eigenvalue weighted by Crippen LogP contribution is -2.29. The van der Waals surface area contributed by atoms with Crippen LogP contribution in [0.15, 0.2) is 12.2 Å². The summed E-state index contributed by atoms with van der Waals surface area (Å²) >= 11 is 0. The first kappa shape index (κ1) is 78.8. The Balaban J connectivity index is 3.76. The molecule has 0 aliphatic carbocycles. The van der Waals surface area contributed by atoms with Crippen LogP contribution in [0.25, 0.3) is 0 Å². The molecule has 0 rings (SSSR count). The van der Waals surface area contributed by atoms with E-state index in [1.807, 2.05) is 0 Å². The van der Waals surface area contributed by atoms with Gasteiger partial charge in [0.2, 0.25) is 0 Å². The molecule has 3 N–H and O–H groups in total. The third-order valence-corrected chi connectivity index (χ3v) is 17.4. The van der Waals surface area contributed by atoms with Crippen molar-refractivity contribution in [3.63, 3.8) is 0 Å². The van der Waals surface area contributed by atoms with Crippen LogP contribution in [0, 0.1) is 0 Å². The second-order valence-electron chi connectivity index (χ2n) is 24.5. The highest BCUT2D eigenvalue weighted by atomic mass is 31.2. The van der Waals surface area contributed by atoms with Crippen LogP contribution in [-0.4, -0.2) is 49.3 Å². The molecule has 0 aromatic heterocycles. The molecule has 0 saturated carbocycles. The van der Waals surface area contributed by atoms with Gasteiger partial charge in [0, 0.05) is 19.4 Å². The van der Waals surface area contributed by atoms with E-state index in [1.54, 1.807) is 0 Å². The first-order valence-electron chi connectivity index (χ1n) is 35.7. The van der Waals surface area contributed by atoms with Gasteiger partial charge in [0.1, 0.15) is 6.61 Å². The minimum atomic E-state index is -4.39. The Morgan fingerprint density at radius 3 is 0.887 bits per heavy atom. The van der Waals surface area contributed by atoms with E-state index in [9.17, 15) is 19.0 Å². The molecule has 0 bridgehead atoms. The topological polar surface area (TPSA) is 134 Å². The lowest BCUT2D eigenvalue weighted by atomic mass is 10.0. The summed E-state index contributed by atoms with van der Waals surface area (Å²) < 4.78 is 33.2. The molecule has 80 heavy (non-hydrogen) atoms. The highest BCUT2D eigenvalue weighted by Gasteiger charge is 2.26. The number of esters is 2. The van der Waals surface area contributed by atoms with Gasteiger partial charge in [-0.1, -0.05) is 353 Å². The van der Waals surface area contributed by atoms with Crippen molar-refractivity contribution in [2.24, 2.45) is 5.73 Å². The molecular formula is C70H138NO8P. The van der Waals surface area contributed by atoms with Crippen LogP contribution in [0.4, 0.5) is 0 Å². The summed E-state index contributed by atoms with van der Waals surface area (Å²) in [4.78, 5) is 35.3. The number of hydrogen-bond donors (Lipinski definition) is 2. The third kappa shape index (κ3) is 65.9. The third-order valence-electron chi connectivity index (χ3n) is 16.4. The Morgan fingerprint density at radius 1 is 0.362 bits per heavy atom. The minimum absolute atomic E-state index is 0.0570. The minimum Gasteiger partial charge on any atom is -0.462 e. The van der Waals surface area contributed by atoms with E-state index in [-0.39, 0.29) is 38.6 Å². The molecule has 2 unspecified atom stereocenters. The fourth-order valence-corrected chi connectivity index (χ4v) is 11.9. The molecule has 0 aliphatic rings. The quantitative estimate of drug-likeness (QED) is 0.0264. The normalized spacial score (nSPS) is 12.9. The highest BCUT2D eigenvalue weighted by Crippen LogP contribution is 2.43. The van der Waals surface area contributed by atoms with Gasteiger partial charge >= 0.3 is 19.8 Å². The monoisotopic (exact) mass is 1150 g/mol. The molecule has 2 atom stereocenters. The van der Waals surface area contributed by atoms with E-state index in [0.29, 0.717) is 6.42 Å². The Bertz CT molecular complexity index is 1320. The van der Waals surface area contributed by atoms with E-state index in [4.69, 9.17) is 24.3 Å². The van der Waals surface area contributed by atoms with Crippen LogP contribution >= 0.6 is 7.82 Å². The molecule has 0 fully saturated rings. The molecule has 10 heteroatoms. The van der Waals surface area contributed by atoms with Gasteiger partial charge in [-0.25, -0.2) is 4.57 Å². The van der Waals surface area contributed by atoms with Crippen molar-refractivity contribution in [1.29, 1.82) is 0 Å². The smallest absolute Gasteiger partial charge is 0.462 e. The molecule has 476 valence electrons. The number of phosphoric acid groups is 1. The SMILES string of the molecule is CCCCCCCCCC/C=C\CCCCCCCCCCCCCC(=O)OC(COC(=O)CCCCCCCCCCCCCCCCCCCCCCCCCCCCCCCCCCCCCC)COP(=O)(O)OCCN. The zero-order valence-electron chi connectivity index (χ0n) is 53.6. The number of allylic oxidation sites excluding steroid dienone is 2. The first-order chi connectivity index (χ1) is 39.3. The largest absolute Gasteiger partial charge is 0.472 e. The van der Waals surface area contributed by atoms with Gasteiger partial charge in [-0.2, -0.15) is 0 Å². The number of ether oxygens (including phenoxy) is 2. The standard InChI is InChI=1S/C70H138NO8P/c1-3-5-7-9-11-13-15-17-19-21-23-25-27-28-29-30-31-32-33-34-35-36-37-38-39-41-42-44-46-48-50-52-54-56-58-60-62-69(72)76-66-68(67-78-80(74,75)77-65-64-71)79-70(73)63-61-59-57-55-53-51-49-47-45-43-40-26-24-22-20-18-16-14-12-10-8-6-4-2/h22,24,68H,3-21,23,25-67,71H2,1-2H3,(H,74,75)/b24-22-. The van der Waals surface area contributed by atoms with Crippen molar-refractivity contribution >= 4 is 19.8 Å². The lowest BCUT2D eigenvalue weighted by molar-refractivity contribution is -0.161. The van der Waals surface area contributed by atoms with Crippen molar-refractivity contribution in [3.05, 3.63) is 12.2 Å². The number of rotatable bonds is 69. The van der Waals surface area contributed by atoms with Gasteiger partial charge in [-0.3, -0.25) is 18.6 Å². The fourth-order valence-electron chi connectivity index (χ4n) is 11.1. The van der Waals surface area contributed by atoms with Crippen LogP contribution in [0.3, 0.4) is 0 Å². The van der Waals surface area contributed by atoms with Gasteiger partial charge in [-0.15, -0.1) is 0 Å². The predicted molar refractivity (Wildman–Crippen MR) is 345 cm³/mol. The van der Waals surface area contributed by atoms with Gasteiger partial charge in [0.25, 0.3) is 0 Å². The van der Waals surface area contributed by atoms with E-state index in [0.717, 1.165) is 32.1 Å². The van der Waals surface area contributed by atoms with Crippen LogP contribution in [-0.2, 0) is 32.7 Å². The maximum atomic E-state index is 12.7. The van der Waals surface area contributed by atoms with Crippen molar-refractivity contribution in [2.75, 3.05) is 26.4 Å². The predicted octanol–water partition coefficient (Wildman–Crippen LogP) is 23.1. The van der Waals surface area contributed by atoms with Crippen LogP contribution < -0.4 is 5.73 Å². The average molecular weight is 1150 g/mol. The molecule has 0 saturated heterocycles. The van der Waals surface area contributed by atoms with Crippen molar-refractivity contribution in [3.8, 4) is 0 Å². The molecular weight excluding hydrogens is 1010 g/mol. The van der Waals surface area contributed by atoms with Crippen molar-refractivity contribution < 1.29 is 37.6 Å².